The van der Waals surface area contributed by atoms with Crippen LogP contribution in [0.1, 0.15) is 11.6 Å². The van der Waals surface area contributed by atoms with Crippen LogP contribution in [0.4, 0.5) is 30.7 Å². The van der Waals surface area contributed by atoms with E-state index in [-0.39, 0.29) is 26.2 Å². The van der Waals surface area contributed by atoms with E-state index in [0.29, 0.717) is 0 Å². The molecule has 2 rings (SSSR count). The molecule has 1 aromatic rings. The zero-order chi connectivity index (χ0) is 17.4. The Balaban J connectivity index is 2.65. The highest BCUT2D eigenvalue weighted by molar-refractivity contribution is 5.29. The average molecular weight is 346 g/mol. The molecule has 1 aliphatic rings. The topological polar surface area (TPSA) is 35.5 Å². The van der Waals surface area contributed by atoms with Crippen LogP contribution < -0.4 is 5.32 Å². The van der Waals surface area contributed by atoms with Crippen molar-refractivity contribution in [3.05, 3.63) is 34.6 Å². The van der Waals surface area contributed by atoms with E-state index in [2.05, 4.69) is 5.32 Å². The van der Waals surface area contributed by atoms with Gasteiger partial charge in [0.25, 0.3) is 5.92 Å². The van der Waals surface area contributed by atoms with Gasteiger partial charge in [-0.2, -0.15) is 0 Å². The predicted octanol–water partition coefficient (Wildman–Crippen LogP) is 1.96. The minimum atomic E-state index is -4.10. The number of hydrogen-bond acceptors (Lipinski definition) is 3. The molecule has 0 spiro atoms. The molecule has 0 unspecified atom stereocenters. The molecule has 0 radical (unpaired) electrons. The third kappa shape index (κ3) is 3.15. The monoisotopic (exact) mass is 346 g/mol. The second-order valence-electron chi connectivity index (χ2n) is 5.09. The number of nitrogens with one attached hydrogen (secondary N) is 1. The van der Waals surface area contributed by atoms with Gasteiger partial charge in [0.05, 0.1) is 5.56 Å². The second-order valence-corrected chi connectivity index (χ2v) is 5.09. The Hall–Kier alpha value is -1.39. The first-order chi connectivity index (χ1) is 10.7. The Morgan fingerprint density at radius 1 is 0.913 bits per heavy atom. The third-order valence-electron chi connectivity index (χ3n) is 3.64. The average Bonchev–Trinajstić information content (AvgIpc) is 2.55. The van der Waals surface area contributed by atoms with Crippen molar-refractivity contribution in [3.63, 3.8) is 0 Å². The lowest BCUT2D eigenvalue weighted by Gasteiger charge is -2.38. The van der Waals surface area contributed by atoms with E-state index in [9.17, 15) is 30.7 Å². The minimum Gasteiger partial charge on any atom is -0.390 e. The van der Waals surface area contributed by atoms with Crippen molar-refractivity contribution in [2.24, 2.45) is 0 Å². The molecule has 1 heterocycles. The van der Waals surface area contributed by atoms with Crippen LogP contribution in [0.15, 0.2) is 0 Å². The Morgan fingerprint density at radius 2 is 1.35 bits per heavy atom. The van der Waals surface area contributed by atoms with E-state index < -0.39 is 53.2 Å². The maximum absolute atomic E-state index is 14.0. The smallest absolute Gasteiger partial charge is 0.290 e. The van der Waals surface area contributed by atoms with Crippen LogP contribution in [0.25, 0.3) is 0 Å². The summed E-state index contributed by atoms with van der Waals surface area (Å²) in [6.07, 6.45) is 0. The standard InChI is InChI=1S/C13H13F7N2O/c14-7-6(8(15)10(17)11(18)9(7)16)12(13(19,20)5-23)22-3-1-21-2-4-22/h12,21,23H,1-5H2/t12-/m1/s1. The Kier molecular flexibility index (Phi) is 5.17. The van der Waals surface area contributed by atoms with E-state index in [4.69, 9.17) is 5.11 Å². The summed E-state index contributed by atoms with van der Waals surface area (Å²) in [4.78, 5) is 0.880. The van der Waals surface area contributed by atoms with Crippen LogP contribution in [0, 0.1) is 29.1 Å². The van der Waals surface area contributed by atoms with Gasteiger partial charge in [-0.05, 0) is 0 Å². The lowest BCUT2D eigenvalue weighted by molar-refractivity contribution is -0.120. The van der Waals surface area contributed by atoms with Gasteiger partial charge in [0.2, 0.25) is 5.82 Å². The molecule has 2 N–H and O–H groups in total. The normalized spacial score (nSPS) is 18.3. The first-order valence-corrected chi connectivity index (χ1v) is 6.67. The fourth-order valence-corrected chi connectivity index (χ4v) is 2.55. The number of piperazine rings is 1. The van der Waals surface area contributed by atoms with Gasteiger partial charge in [-0.15, -0.1) is 0 Å². The molecular formula is C13H13F7N2O. The van der Waals surface area contributed by atoms with E-state index >= 15 is 0 Å². The molecule has 1 aromatic carbocycles. The third-order valence-corrected chi connectivity index (χ3v) is 3.64. The summed E-state index contributed by atoms with van der Waals surface area (Å²) >= 11 is 0. The van der Waals surface area contributed by atoms with Crippen molar-refractivity contribution < 1.29 is 35.8 Å². The molecule has 3 nitrogen and oxygen atoms in total. The summed E-state index contributed by atoms with van der Waals surface area (Å²) in [5.41, 5.74) is -1.64. The number of aliphatic hydroxyl groups excluding tert-OH is 1. The minimum absolute atomic E-state index is 0.111. The molecule has 10 heteroatoms. The Labute approximate surface area is 126 Å². The van der Waals surface area contributed by atoms with Gasteiger partial charge in [-0.25, -0.2) is 30.7 Å². The molecule has 0 amide bonds. The molecule has 0 aromatic heterocycles. The van der Waals surface area contributed by atoms with Crippen molar-refractivity contribution >= 4 is 0 Å². The summed E-state index contributed by atoms with van der Waals surface area (Å²) < 4.78 is 95.6. The number of aliphatic hydroxyl groups is 1. The van der Waals surface area contributed by atoms with E-state index in [1.54, 1.807) is 0 Å². The summed E-state index contributed by atoms with van der Waals surface area (Å²) in [5.74, 6) is -15.8. The van der Waals surface area contributed by atoms with Gasteiger partial charge < -0.3 is 10.4 Å². The summed E-state index contributed by atoms with van der Waals surface area (Å²) in [5, 5.41) is 11.6. The molecule has 23 heavy (non-hydrogen) atoms. The van der Waals surface area contributed by atoms with Crippen molar-refractivity contribution in [1.29, 1.82) is 0 Å². The van der Waals surface area contributed by atoms with Gasteiger partial charge in [0.1, 0.15) is 12.6 Å². The van der Waals surface area contributed by atoms with Gasteiger partial charge in [-0.1, -0.05) is 0 Å². The second kappa shape index (κ2) is 6.62. The van der Waals surface area contributed by atoms with Gasteiger partial charge in [0, 0.05) is 26.2 Å². The van der Waals surface area contributed by atoms with E-state index in [1.807, 2.05) is 0 Å². The fourth-order valence-electron chi connectivity index (χ4n) is 2.55. The lowest BCUT2D eigenvalue weighted by Crippen LogP contribution is -2.51. The maximum atomic E-state index is 14.0. The maximum Gasteiger partial charge on any atom is 0.290 e. The highest BCUT2D eigenvalue weighted by atomic mass is 19.3. The van der Waals surface area contributed by atoms with Crippen molar-refractivity contribution in [2.75, 3.05) is 32.8 Å². The molecule has 0 saturated carbocycles. The molecule has 1 aliphatic heterocycles. The van der Waals surface area contributed by atoms with Crippen molar-refractivity contribution in [2.45, 2.75) is 12.0 Å². The SMILES string of the molecule is OCC(F)(F)[C@@H](c1c(F)c(F)c(F)c(F)c1F)N1CCNCC1. The number of alkyl halides is 2. The van der Waals surface area contributed by atoms with E-state index in [0.717, 1.165) is 4.90 Å². The number of hydrogen-bond donors (Lipinski definition) is 2. The highest BCUT2D eigenvalue weighted by Crippen LogP contribution is 2.40. The Morgan fingerprint density at radius 3 is 1.78 bits per heavy atom. The van der Waals surface area contributed by atoms with Crippen LogP contribution in [0.5, 0.6) is 0 Å². The quantitative estimate of drug-likeness (QED) is 0.497. The predicted molar refractivity (Wildman–Crippen MR) is 65.4 cm³/mol. The van der Waals surface area contributed by atoms with Crippen LogP contribution in [-0.4, -0.2) is 48.7 Å². The molecule has 0 bridgehead atoms. The summed E-state index contributed by atoms with van der Waals surface area (Å²) in [7, 11) is 0. The number of benzene rings is 1. The van der Waals surface area contributed by atoms with Crippen LogP contribution in [0.2, 0.25) is 0 Å². The zero-order valence-electron chi connectivity index (χ0n) is 11.7. The van der Waals surface area contributed by atoms with E-state index in [1.165, 1.54) is 0 Å². The zero-order valence-corrected chi connectivity index (χ0v) is 11.7. The number of halogens is 7. The molecule has 130 valence electrons. The first-order valence-electron chi connectivity index (χ1n) is 6.67. The van der Waals surface area contributed by atoms with Crippen molar-refractivity contribution in [1.82, 2.24) is 10.2 Å². The molecule has 1 fully saturated rings. The van der Waals surface area contributed by atoms with Crippen LogP contribution >= 0.6 is 0 Å². The van der Waals surface area contributed by atoms with Gasteiger partial charge >= 0.3 is 0 Å². The summed E-state index contributed by atoms with van der Waals surface area (Å²) in [6, 6.07) is -2.47. The molecule has 0 aliphatic carbocycles. The van der Waals surface area contributed by atoms with Crippen LogP contribution in [-0.2, 0) is 0 Å². The van der Waals surface area contributed by atoms with Crippen LogP contribution in [0.3, 0.4) is 0 Å². The molecular weight excluding hydrogens is 333 g/mol. The molecule has 1 atom stereocenters. The molecule has 1 saturated heterocycles. The Bertz CT molecular complexity index is 561. The largest absolute Gasteiger partial charge is 0.390 e. The number of nitrogens with zero attached hydrogens (tertiary/aromatic N) is 1. The van der Waals surface area contributed by atoms with Crippen molar-refractivity contribution in [3.8, 4) is 0 Å². The van der Waals surface area contributed by atoms with Gasteiger partial charge in [-0.3, -0.25) is 4.90 Å². The first kappa shape index (κ1) is 18.0. The van der Waals surface area contributed by atoms with Gasteiger partial charge in [0.15, 0.2) is 23.3 Å². The highest BCUT2D eigenvalue weighted by Gasteiger charge is 2.48. The lowest BCUT2D eigenvalue weighted by atomic mass is 9.96. The fraction of sp³-hybridized carbons (Fsp3) is 0.538. The summed E-state index contributed by atoms with van der Waals surface area (Å²) in [6.45, 7) is -1.65. The number of rotatable bonds is 4.